The third-order valence-electron chi connectivity index (χ3n) is 1.32. The van der Waals surface area contributed by atoms with E-state index in [2.05, 4.69) is 32.6 Å². The summed E-state index contributed by atoms with van der Waals surface area (Å²) in [5.41, 5.74) is 1.44. The zero-order valence-corrected chi connectivity index (χ0v) is 7.99. The van der Waals surface area contributed by atoms with Crippen LogP contribution < -0.4 is 0 Å². The lowest BCUT2D eigenvalue weighted by Crippen LogP contribution is -1.76. The van der Waals surface area contributed by atoms with Gasteiger partial charge in [-0.3, -0.25) is 0 Å². The molecule has 0 saturated carbocycles. The molecule has 0 aliphatic heterocycles. The number of aromatic nitrogens is 2. The van der Waals surface area contributed by atoms with Crippen molar-refractivity contribution in [2.24, 2.45) is 0 Å². The Morgan fingerprint density at radius 3 is 3.18 bits per heavy atom. The second-order valence-electron chi connectivity index (χ2n) is 2.21. The van der Waals surface area contributed by atoms with Gasteiger partial charge in [0.15, 0.2) is 17.1 Å². The SMILES string of the molecule is Cc1nc2ncc(I)cc2o1. The Bertz CT molecular complexity index is 396. The van der Waals surface area contributed by atoms with E-state index in [1.54, 1.807) is 6.20 Å². The number of rotatable bonds is 0. The fraction of sp³-hybridized carbons (Fsp3) is 0.143. The molecule has 56 valence electrons. The molecule has 0 aliphatic carbocycles. The molecule has 0 N–H and O–H groups in total. The van der Waals surface area contributed by atoms with E-state index in [0.29, 0.717) is 11.5 Å². The zero-order chi connectivity index (χ0) is 7.84. The summed E-state index contributed by atoms with van der Waals surface area (Å²) in [6.07, 6.45) is 1.77. The molecule has 0 aliphatic rings. The van der Waals surface area contributed by atoms with Crippen molar-refractivity contribution in [1.82, 2.24) is 9.97 Å². The van der Waals surface area contributed by atoms with E-state index in [-0.39, 0.29) is 0 Å². The smallest absolute Gasteiger partial charge is 0.198 e. The van der Waals surface area contributed by atoms with Gasteiger partial charge >= 0.3 is 0 Å². The molecule has 4 heteroatoms. The van der Waals surface area contributed by atoms with Crippen molar-refractivity contribution in [3.05, 3.63) is 21.7 Å². The maximum absolute atomic E-state index is 5.27. The van der Waals surface area contributed by atoms with Crippen molar-refractivity contribution in [1.29, 1.82) is 0 Å². The topological polar surface area (TPSA) is 38.9 Å². The summed E-state index contributed by atoms with van der Waals surface area (Å²) >= 11 is 2.19. The van der Waals surface area contributed by atoms with Gasteiger partial charge in [-0.15, -0.1) is 0 Å². The number of halogens is 1. The van der Waals surface area contributed by atoms with Crippen molar-refractivity contribution in [2.75, 3.05) is 0 Å². The second-order valence-corrected chi connectivity index (χ2v) is 3.45. The average Bonchev–Trinajstić information content (AvgIpc) is 2.27. The predicted octanol–water partition coefficient (Wildman–Crippen LogP) is 2.14. The maximum atomic E-state index is 5.27. The molecule has 0 amide bonds. The highest BCUT2D eigenvalue weighted by atomic mass is 127. The summed E-state index contributed by atoms with van der Waals surface area (Å²) in [6.45, 7) is 1.81. The summed E-state index contributed by atoms with van der Waals surface area (Å²) in [5.74, 6) is 0.662. The third kappa shape index (κ3) is 1.22. The van der Waals surface area contributed by atoms with Crippen molar-refractivity contribution < 1.29 is 4.42 Å². The molecule has 0 spiro atoms. The van der Waals surface area contributed by atoms with Crippen LogP contribution in [-0.2, 0) is 0 Å². The van der Waals surface area contributed by atoms with Gasteiger partial charge in [-0.25, -0.2) is 4.98 Å². The average molecular weight is 260 g/mol. The standard InChI is InChI=1S/C7H5IN2O/c1-4-10-7-6(11-4)2-5(8)3-9-7/h2-3H,1H3. The van der Waals surface area contributed by atoms with E-state index in [0.717, 1.165) is 9.15 Å². The Labute approximate surface area is 77.0 Å². The molecule has 2 aromatic rings. The number of pyridine rings is 1. The zero-order valence-electron chi connectivity index (χ0n) is 5.84. The van der Waals surface area contributed by atoms with Crippen LogP contribution in [0.25, 0.3) is 11.2 Å². The molecular weight excluding hydrogens is 255 g/mol. The first-order chi connectivity index (χ1) is 5.25. The molecule has 3 nitrogen and oxygen atoms in total. The van der Waals surface area contributed by atoms with E-state index < -0.39 is 0 Å². The minimum Gasteiger partial charge on any atom is -0.439 e. The van der Waals surface area contributed by atoms with Gasteiger partial charge < -0.3 is 4.42 Å². The summed E-state index contributed by atoms with van der Waals surface area (Å²) in [5, 5.41) is 0. The van der Waals surface area contributed by atoms with E-state index in [1.807, 2.05) is 13.0 Å². The minimum absolute atomic E-state index is 0.662. The van der Waals surface area contributed by atoms with Gasteiger partial charge in [0.1, 0.15) is 0 Å². The van der Waals surface area contributed by atoms with Crippen molar-refractivity contribution >= 4 is 33.8 Å². The Morgan fingerprint density at radius 1 is 1.55 bits per heavy atom. The van der Waals surface area contributed by atoms with Crippen LogP contribution in [0.1, 0.15) is 5.89 Å². The van der Waals surface area contributed by atoms with Crippen LogP contribution >= 0.6 is 22.6 Å². The van der Waals surface area contributed by atoms with Gasteiger partial charge in [-0.05, 0) is 28.7 Å². The highest BCUT2D eigenvalue weighted by molar-refractivity contribution is 14.1. The monoisotopic (exact) mass is 260 g/mol. The first kappa shape index (κ1) is 7.02. The molecule has 0 fully saturated rings. The molecule has 0 bridgehead atoms. The molecule has 2 heterocycles. The van der Waals surface area contributed by atoms with Crippen LogP contribution in [0, 0.1) is 10.5 Å². The predicted molar refractivity (Wildman–Crippen MR) is 49.3 cm³/mol. The number of hydrogen-bond donors (Lipinski definition) is 0. The molecule has 0 aromatic carbocycles. The molecule has 2 rings (SSSR count). The van der Waals surface area contributed by atoms with Crippen molar-refractivity contribution in [2.45, 2.75) is 6.92 Å². The first-order valence-electron chi connectivity index (χ1n) is 3.14. The van der Waals surface area contributed by atoms with Crippen LogP contribution in [0.15, 0.2) is 16.7 Å². The Hall–Kier alpha value is -0.650. The fourth-order valence-electron chi connectivity index (χ4n) is 0.904. The molecule has 2 aromatic heterocycles. The summed E-state index contributed by atoms with van der Waals surface area (Å²) in [6, 6.07) is 1.92. The number of hydrogen-bond acceptors (Lipinski definition) is 3. The number of oxazole rings is 1. The van der Waals surface area contributed by atoms with Crippen LogP contribution in [-0.4, -0.2) is 9.97 Å². The first-order valence-corrected chi connectivity index (χ1v) is 4.22. The molecule has 0 radical (unpaired) electrons. The van der Waals surface area contributed by atoms with Gasteiger partial charge in [0.2, 0.25) is 0 Å². The third-order valence-corrected chi connectivity index (χ3v) is 1.91. The van der Waals surface area contributed by atoms with Gasteiger partial charge in [-0.1, -0.05) is 0 Å². The Kier molecular flexibility index (Phi) is 1.56. The van der Waals surface area contributed by atoms with E-state index in [1.165, 1.54) is 0 Å². The van der Waals surface area contributed by atoms with E-state index >= 15 is 0 Å². The van der Waals surface area contributed by atoms with Crippen LogP contribution in [0.2, 0.25) is 0 Å². The molecular formula is C7H5IN2O. The van der Waals surface area contributed by atoms with Crippen LogP contribution in [0.3, 0.4) is 0 Å². The van der Waals surface area contributed by atoms with Gasteiger partial charge in [-0.2, -0.15) is 4.98 Å². The maximum Gasteiger partial charge on any atom is 0.198 e. The lowest BCUT2D eigenvalue weighted by Gasteiger charge is -1.85. The van der Waals surface area contributed by atoms with Crippen LogP contribution in [0.4, 0.5) is 0 Å². The molecule has 0 atom stereocenters. The largest absolute Gasteiger partial charge is 0.439 e. The number of nitrogens with zero attached hydrogens (tertiary/aromatic N) is 2. The van der Waals surface area contributed by atoms with Crippen molar-refractivity contribution in [3.63, 3.8) is 0 Å². The highest BCUT2D eigenvalue weighted by Gasteiger charge is 2.01. The number of aryl methyl sites for hydroxylation is 1. The van der Waals surface area contributed by atoms with Gasteiger partial charge in [0.05, 0.1) is 0 Å². The van der Waals surface area contributed by atoms with Crippen LogP contribution in [0.5, 0.6) is 0 Å². The van der Waals surface area contributed by atoms with Gasteiger partial charge in [0.25, 0.3) is 0 Å². The fourth-order valence-corrected chi connectivity index (χ4v) is 1.33. The summed E-state index contributed by atoms with van der Waals surface area (Å²) < 4.78 is 6.33. The van der Waals surface area contributed by atoms with E-state index in [9.17, 15) is 0 Å². The molecule has 11 heavy (non-hydrogen) atoms. The Balaban J connectivity index is 2.82. The summed E-state index contributed by atoms with van der Waals surface area (Å²) in [4.78, 5) is 8.16. The quantitative estimate of drug-likeness (QED) is 0.681. The lowest BCUT2D eigenvalue weighted by atomic mass is 10.5. The second kappa shape index (κ2) is 2.44. The molecule has 0 unspecified atom stereocenters. The summed E-state index contributed by atoms with van der Waals surface area (Å²) in [7, 11) is 0. The van der Waals surface area contributed by atoms with E-state index in [4.69, 9.17) is 4.42 Å². The highest BCUT2D eigenvalue weighted by Crippen LogP contribution is 2.14. The Morgan fingerprint density at radius 2 is 2.36 bits per heavy atom. The normalized spacial score (nSPS) is 10.7. The molecule has 0 saturated heterocycles. The minimum atomic E-state index is 0.662. The lowest BCUT2D eigenvalue weighted by molar-refractivity contribution is 0.561. The van der Waals surface area contributed by atoms with Gasteiger partial charge in [0, 0.05) is 16.7 Å². The number of fused-ring (bicyclic) bond motifs is 1. The van der Waals surface area contributed by atoms with Crippen molar-refractivity contribution in [3.8, 4) is 0 Å².